The molecule has 2 heterocycles. The van der Waals surface area contributed by atoms with Crippen LogP contribution in [0.25, 0.3) is 0 Å². The van der Waals surface area contributed by atoms with Crippen LogP contribution in [-0.2, 0) is 13.1 Å². The Kier molecular flexibility index (Phi) is 5.68. The first kappa shape index (κ1) is 19.9. The summed E-state index contributed by atoms with van der Waals surface area (Å²) < 4.78 is 3.95. The minimum Gasteiger partial charge on any atom is -0.345 e. The molecule has 0 spiro atoms. The largest absolute Gasteiger partial charge is 0.345 e. The Morgan fingerprint density at radius 3 is 2.29 bits per heavy atom. The summed E-state index contributed by atoms with van der Waals surface area (Å²) in [5, 5.41) is 12.1. The third-order valence-corrected chi connectivity index (χ3v) is 5.17. The molecule has 0 bridgehead atoms. The van der Waals surface area contributed by atoms with Crippen molar-refractivity contribution in [3.8, 4) is 0 Å². The fourth-order valence-corrected chi connectivity index (χ4v) is 3.77. The lowest BCUT2D eigenvalue weighted by atomic mass is 10.1. The van der Waals surface area contributed by atoms with Crippen LogP contribution in [0.1, 0.15) is 64.1 Å². The number of benzene rings is 1. The van der Waals surface area contributed by atoms with Gasteiger partial charge in [-0.1, -0.05) is 12.1 Å². The Labute approximate surface area is 166 Å². The van der Waals surface area contributed by atoms with Crippen molar-refractivity contribution in [3.05, 3.63) is 69.8 Å². The molecule has 148 valence electrons. The van der Waals surface area contributed by atoms with Crippen LogP contribution in [0.3, 0.4) is 0 Å². The summed E-state index contributed by atoms with van der Waals surface area (Å²) in [7, 11) is 0. The van der Waals surface area contributed by atoms with E-state index in [1.165, 1.54) is 0 Å². The van der Waals surface area contributed by atoms with Gasteiger partial charge in [-0.3, -0.25) is 14.2 Å². The first-order valence-electron chi connectivity index (χ1n) is 9.75. The number of nitrogens with one attached hydrogen (secondary N) is 1. The number of carbonyl (C=O) groups is 1. The number of hydrogen-bond acceptors (Lipinski definition) is 3. The highest BCUT2D eigenvalue weighted by Crippen LogP contribution is 2.22. The molecule has 6 nitrogen and oxygen atoms in total. The maximum atomic E-state index is 12.7. The van der Waals surface area contributed by atoms with E-state index in [1.54, 1.807) is 0 Å². The predicted octanol–water partition coefficient (Wildman–Crippen LogP) is 3.87. The number of aromatic nitrogens is 4. The van der Waals surface area contributed by atoms with Crippen molar-refractivity contribution in [2.24, 2.45) is 0 Å². The van der Waals surface area contributed by atoms with Crippen LogP contribution in [0.4, 0.5) is 0 Å². The molecule has 0 aliphatic heterocycles. The van der Waals surface area contributed by atoms with Gasteiger partial charge in [0.15, 0.2) is 0 Å². The van der Waals surface area contributed by atoms with E-state index in [9.17, 15) is 4.79 Å². The number of amides is 1. The molecule has 3 rings (SSSR count). The van der Waals surface area contributed by atoms with Gasteiger partial charge < -0.3 is 5.32 Å². The molecule has 28 heavy (non-hydrogen) atoms. The summed E-state index contributed by atoms with van der Waals surface area (Å²) in [4.78, 5) is 12.7. The van der Waals surface area contributed by atoms with Crippen molar-refractivity contribution in [2.45, 2.75) is 60.7 Å². The van der Waals surface area contributed by atoms with E-state index in [0.29, 0.717) is 12.1 Å². The SMILES string of the molecule is CCn1nc(C)c([C@@H](C)NC(=O)c2ccc(Cn3nc(C)cc3C)cc2)c1C. The topological polar surface area (TPSA) is 64.7 Å². The molecule has 1 N–H and O–H groups in total. The molecule has 0 aliphatic rings. The minimum absolute atomic E-state index is 0.0757. The minimum atomic E-state index is -0.0952. The summed E-state index contributed by atoms with van der Waals surface area (Å²) in [6, 6.07) is 9.69. The second kappa shape index (κ2) is 8.00. The Balaban J connectivity index is 1.69. The molecule has 1 atom stereocenters. The second-order valence-corrected chi connectivity index (χ2v) is 7.38. The predicted molar refractivity (Wildman–Crippen MR) is 111 cm³/mol. The molecular weight excluding hydrogens is 350 g/mol. The monoisotopic (exact) mass is 379 g/mol. The van der Waals surface area contributed by atoms with Gasteiger partial charge in [-0.05, 0) is 65.3 Å². The van der Waals surface area contributed by atoms with E-state index >= 15 is 0 Å². The Hall–Kier alpha value is -2.89. The first-order valence-corrected chi connectivity index (χ1v) is 9.75. The third kappa shape index (κ3) is 4.01. The Morgan fingerprint density at radius 2 is 1.75 bits per heavy atom. The molecule has 6 heteroatoms. The van der Waals surface area contributed by atoms with E-state index < -0.39 is 0 Å². The Bertz CT molecular complexity index is 981. The molecular formula is C22H29N5O. The van der Waals surface area contributed by atoms with Crippen LogP contribution in [0, 0.1) is 27.7 Å². The van der Waals surface area contributed by atoms with Crippen molar-refractivity contribution in [1.29, 1.82) is 0 Å². The van der Waals surface area contributed by atoms with Gasteiger partial charge in [0.25, 0.3) is 5.91 Å². The first-order chi connectivity index (χ1) is 13.3. The summed E-state index contributed by atoms with van der Waals surface area (Å²) in [6.07, 6.45) is 0. The van der Waals surface area contributed by atoms with E-state index in [2.05, 4.69) is 35.4 Å². The van der Waals surface area contributed by atoms with E-state index in [0.717, 1.165) is 40.4 Å². The number of carbonyl (C=O) groups excluding carboxylic acids is 1. The lowest BCUT2D eigenvalue weighted by Crippen LogP contribution is -2.27. The fourth-order valence-electron chi connectivity index (χ4n) is 3.77. The number of aryl methyl sites for hydroxylation is 4. The van der Waals surface area contributed by atoms with Crippen LogP contribution < -0.4 is 5.32 Å². The number of nitrogens with zero attached hydrogens (tertiary/aromatic N) is 4. The zero-order valence-corrected chi connectivity index (χ0v) is 17.6. The molecule has 0 fully saturated rings. The van der Waals surface area contributed by atoms with Crippen LogP contribution in [-0.4, -0.2) is 25.5 Å². The van der Waals surface area contributed by atoms with Gasteiger partial charge in [0.1, 0.15) is 0 Å². The van der Waals surface area contributed by atoms with E-state index in [4.69, 9.17) is 0 Å². The van der Waals surface area contributed by atoms with Gasteiger partial charge in [0.2, 0.25) is 0 Å². The average molecular weight is 380 g/mol. The smallest absolute Gasteiger partial charge is 0.251 e. The lowest BCUT2D eigenvalue weighted by molar-refractivity contribution is 0.0939. The highest BCUT2D eigenvalue weighted by atomic mass is 16.1. The highest BCUT2D eigenvalue weighted by Gasteiger charge is 2.19. The Morgan fingerprint density at radius 1 is 1.07 bits per heavy atom. The molecule has 0 aliphatic carbocycles. The summed E-state index contributed by atoms with van der Waals surface area (Å²) >= 11 is 0. The lowest BCUT2D eigenvalue weighted by Gasteiger charge is -2.15. The van der Waals surface area contributed by atoms with Gasteiger partial charge in [-0.2, -0.15) is 10.2 Å². The molecule has 0 radical (unpaired) electrons. The van der Waals surface area contributed by atoms with Crippen molar-refractivity contribution >= 4 is 5.91 Å². The molecule has 3 aromatic rings. The maximum absolute atomic E-state index is 12.7. The van der Waals surface area contributed by atoms with E-state index in [1.807, 2.05) is 61.3 Å². The average Bonchev–Trinajstić information content (AvgIpc) is 3.12. The molecule has 1 amide bonds. The standard InChI is InChI=1S/C22H29N5O/c1-7-26-18(6)21(17(5)25-26)16(4)23-22(28)20-10-8-19(9-11-20)13-27-15(3)12-14(2)24-27/h8-12,16H,7,13H2,1-6H3,(H,23,28)/t16-/m1/s1. The molecule has 0 saturated heterocycles. The van der Waals surface area contributed by atoms with Gasteiger partial charge >= 0.3 is 0 Å². The van der Waals surface area contributed by atoms with Crippen LogP contribution in [0.15, 0.2) is 30.3 Å². The summed E-state index contributed by atoms with van der Waals surface area (Å²) in [5.74, 6) is -0.0757. The fraction of sp³-hybridized carbons (Fsp3) is 0.409. The van der Waals surface area contributed by atoms with Crippen LogP contribution >= 0.6 is 0 Å². The molecule has 2 aromatic heterocycles. The summed E-state index contributed by atoms with van der Waals surface area (Å²) in [5.41, 5.74) is 7.08. The van der Waals surface area contributed by atoms with Crippen molar-refractivity contribution in [3.63, 3.8) is 0 Å². The number of rotatable bonds is 6. The van der Waals surface area contributed by atoms with Crippen molar-refractivity contribution in [1.82, 2.24) is 24.9 Å². The van der Waals surface area contributed by atoms with Crippen molar-refractivity contribution in [2.75, 3.05) is 0 Å². The van der Waals surface area contributed by atoms with Gasteiger partial charge in [0.05, 0.1) is 24.0 Å². The molecule has 1 aromatic carbocycles. The second-order valence-electron chi connectivity index (χ2n) is 7.38. The maximum Gasteiger partial charge on any atom is 0.251 e. The van der Waals surface area contributed by atoms with E-state index in [-0.39, 0.29) is 11.9 Å². The van der Waals surface area contributed by atoms with Crippen molar-refractivity contribution < 1.29 is 4.79 Å². The zero-order valence-electron chi connectivity index (χ0n) is 17.6. The molecule has 0 unspecified atom stereocenters. The normalized spacial score (nSPS) is 12.2. The van der Waals surface area contributed by atoms with Gasteiger partial charge in [0, 0.05) is 29.1 Å². The summed E-state index contributed by atoms with van der Waals surface area (Å²) in [6.45, 7) is 13.7. The zero-order chi connectivity index (χ0) is 20.4. The van der Waals surface area contributed by atoms with Gasteiger partial charge in [-0.15, -0.1) is 0 Å². The third-order valence-electron chi connectivity index (χ3n) is 5.17. The quantitative estimate of drug-likeness (QED) is 0.707. The van der Waals surface area contributed by atoms with Gasteiger partial charge in [-0.25, -0.2) is 0 Å². The highest BCUT2D eigenvalue weighted by molar-refractivity contribution is 5.94. The van der Waals surface area contributed by atoms with Crippen LogP contribution in [0.2, 0.25) is 0 Å². The number of hydrogen-bond donors (Lipinski definition) is 1. The molecule has 0 saturated carbocycles. The van der Waals surface area contributed by atoms with Crippen LogP contribution in [0.5, 0.6) is 0 Å².